The van der Waals surface area contributed by atoms with Crippen LogP contribution in [0.3, 0.4) is 0 Å². The van der Waals surface area contributed by atoms with Gasteiger partial charge in [0.25, 0.3) is 0 Å². The average Bonchev–Trinajstić information content (AvgIpc) is 2.92. The molecule has 1 N–H and O–H groups in total. The first-order chi connectivity index (χ1) is 9.72. The fraction of sp³-hybridized carbons (Fsp3) is 0.533. The second-order valence-electron chi connectivity index (χ2n) is 4.90. The first-order valence-corrected chi connectivity index (χ1v) is 7.72. The first kappa shape index (κ1) is 15.5. The molecule has 2 atom stereocenters. The molecule has 0 aliphatic carbocycles. The average molecular weight is 342 g/mol. The molecular formula is C15H20BrNO3. The molecule has 2 rings (SSSR count). The van der Waals surface area contributed by atoms with Gasteiger partial charge in [0.15, 0.2) is 0 Å². The van der Waals surface area contributed by atoms with Gasteiger partial charge in [-0.1, -0.05) is 41.1 Å². The lowest BCUT2D eigenvalue weighted by Gasteiger charge is -2.17. The predicted molar refractivity (Wildman–Crippen MR) is 80.3 cm³/mol. The Kier molecular flexibility index (Phi) is 6.01. The Morgan fingerprint density at radius 1 is 1.45 bits per heavy atom. The Morgan fingerprint density at radius 3 is 3.00 bits per heavy atom. The summed E-state index contributed by atoms with van der Waals surface area (Å²) in [5.41, 5.74) is 0.970. The normalized spacial score (nSPS) is 21.9. The molecular weight excluding hydrogens is 322 g/mol. The third-order valence-corrected chi connectivity index (χ3v) is 4.14. The van der Waals surface area contributed by atoms with Crippen LogP contribution in [-0.2, 0) is 20.9 Å². The Hall–Kier alpha value is -0.910. The van der Waals surface area contributed by atoms with Crippen LogP contribution in [0, 0.1) is 5.92 Å². The van der Waals surface area contributed by atoms with Gasteiger partial charge in [-0.3, -0.25) is 4.79 Å². The van der Waals surface area contributed by atoms with E-state index in [1.807, 2.05) is 24.3 Å². The van der Waals surface area contributed by atoms with Gasteiger partial charge in [0.2, 0.25) is 0 Å². The Labute approximate surface area is 128 Å². The molecule has 1 saturated heterocycles. The van der Waals surface area contributed by atoms with Gasteiger partial charge in [-0.2, -0.15) is 0 Å². The van der Waals surface area contributed by atoms with Crippen LogP contribution in [0.1, 0.15) is 18.9 Å². The fourth-order valence-corrected chi connectivity index (χ4v) is 2.59. The maximum absolute atomic E-state index is 12.1. The third-order valence-electron chi connectivity index (χ3n) is 3.37. The molecule has 1 aliphatic rings. The highest BCUT2D eigenvalue weighted by molar-refractivity contribution is 9.10. The largest absolute Gasteiger partial charge is 0.460 e. The van der Waals surface area contributed by atoms with Crippen LogP contribution < -0.4 is 5.32 Å². The maximum Gasteiger partial charge on any atom is 0.313 e. The topological polar surface area (TPSA) is 47.6 Å². The van der Waals surface area contributed by atoms with E-state index >= 15 is 0 Å². The second kappa shape index (κ2) is 7.76. The molecule has 2 unspecified atom stereocenters. The van der Waals surface area contributed by atoms with E-state index in [1.165, 1.54) is 0 Å². The SMILES string of the molecule is CCCNC1COCC1C(=O)OCc1ccccc1Br. The minimum absolute atomic E-state index is 0.0710. The summed E-state index contributed by atoms with van der Waals surface area (Å²) in [5.74, 6) is -0.393. The zero-order valence-corrected chi connectivity index (χ0v) is 13.2. The predicted octanol–water partition coefficient (Wildman–Crippen LogP) is 2.51. The zero-order chi connectivity index (χ0) is 14.4. The van der Waals surface area contributed by atoms with Crippen LogP contribution in [0.5, 0.6) is 0 Å². The Bertz CT molecular complexity index is 452. The molecule has 1 heterocycles. The highest BCUT2D eigenvalue weighted by Gasteiger charge is 2.34. The Balaban J connectivity index is 1.86. The Morgan fingerprint density at radius 2 is 2.25 bits per heavy atom. The summed E-state index contributed by atoms with van der Waals surface area (Å²) in [4.78, 5) is 12.1. The van der Waals surface area contributed by atoms with Crippen molar-refractivity contribution >= 4 is 21.9 Å². The molecule has 1 fully saturated rings. The van der Waals surface area contributed by atoms with Crippen molar-refractivity contribution in [3.8, 4) is 0 Å². The van der Waals surface area contributed by atoms with Gasteiger partial charge in [0, 0.05) is 16.1 Å². The monoisotopic (exact) mass is 341 g/mol. The number of benzene rings is 1. The number of halogens is 1. The molecule has 0 radical (unpaired) electrons. The minimum atomic E-state index is -0.205. The van der Waals surface area contributed by atoms with E-state index in [0.717, 1.165) is 23.0 Å². The molecule has 0 aromatic heterocycles. The zero-order valence-electron chi connectivity index (χ0n) is 11.6. The summed E-state index contributed by atoms with van der Waals surface area (Å²) in [6, 6.07) is 7.81. The number of rotatable bonds is 6. The van der Waals surface area contributed by atoms with Crippen molar-refractivity contribution < 1.29 is 14.3 Å². The van der Waals surface area contributed by atoms with Gasteiger partial charge in [-0.25, -0.2) is 0 Å². The molecule has 0 bridgehead atoms. The lowest BCUT2D eigenvalue weighted by atomic mass is 10.0. The van der Waals surface area contributed by atoms with Crippen molar-refractivity contribution in [1.29, 1.82) is 0 Å². The number of carbonyl (C=O) groups excluding carboxylic acids is 1. The molecule has 0 amide bonds. The summed E-state index contributed by atoms with van der Waals surface area (Å²) < 4.78 is 11.8. The summed E-state index contributed by atoms with van der Waals surface area (Å²) in [6.07, 6.45) is 1.04. The van der Waals surface area contributed by atoms with Crippen LogP contribution in [-0.4, -0.2) is 31.8 Å². The molecule has 0 spiro atoms. The van der Waals surface area contributed by atoms with E-state index in [1.54, 1.807) is 0 Å². The molecule has 4 nitrogen and oxygen atoms in total. The number of hydrogen-bond donors (Lipinski definition) is 1. The minimum Gasteiger partial charge on any atom is -0.460 e. The van der Waals surface area contributed by atoms with E-state index in [9.17, 15) is 4.79 Å². The van der Waals surface area contributed by atoms with Gasteiger partial charge >= 0.3 is 5.97 Å². The van der Waals surface area contributed by atoms with Gasteiger partial charge in [0.05, 0.1) is 19.1 Å². The van der Waals surface area contributed by atoms with Gasteiger partial charge in [-0.05, 0) is 19.0 Å². The van der Waals surface area contributed by atoms with Crippen LogP contribution >= 0.6 is 15.9 Å². The highest BCUT2D eigenvalue weighted by Crippen LogP contribution is 2.19. The van der Waals surface area contributed by atoms with Crippen LogP contribution in [0.25, 0.3) is 0 Å². The third kappa shape index (κ3) is 4.04. The lowest BCUT2D eigenvalue weighted by molar-refractivity contribution is -0.150. The van der Waals surface area contributed by atoms with Gasteiger partial charge in [-0.15, -0.1) is 0 Å². The van der Waals surface area contributed by atoms with E-state index in [0.29, 0.717) is 13.2 Å². The molecule has 0 saturated carbocycles. The number of nitrogens with one attached hydrogen (secondary N) is 1. The summed E-state index contributed by atoms with van der Waals surface area (Å²) in [6.45, 7) is 4.30. The van der Waals surface area contributed by atoms with Crippen LogP contribution in [0.4, 0.5) is 0 Å². The highest BCUT2D eigenvalue weighted by atomic mass is 79.9. The molecule has 5 heteroatoms. The van der Waals surface area contributed by atoms with Crippen LogP contribution in [0.15, 0.2) is 28.7 Å². The van der Waals surface area contributed by atoms with E-state index in [4.69, 9.17) is 9.47 Å². The molecule has 20 heavy (non-hydrogen) atoms. The quantitative estimate of drug-likeness (QED) is 0.807. The maximum atomic E-state index is 12.1. The standard InChI is InChI=1S/C15H20BrNO3/c1-2-7-17-14-10-19-9-12(14)15(18)20-8-11-5-3-4-6-13(11)16/h3-6,12,14,17H,2,7-10H2,1H3. The van der Waals surface area contributed by atoms with Crippen molar-refractivity contribution in [2.75, 3.05) is 19.8 Å². The van der Waals surface area contributed by atoms with E-state index in [2.05, 4.69) is 28.2 Å². The van der Waals surface area contributed by atoms with Crippen molar-refractivity contribution in [3.05, 3.63) is 34.3 Å². The number of esters is 1. The van der Waals surface area contributed by atoms with E-state index in [-0.39, 0.29) is 24.5 Å². The van der Waals surface area contributed by atoms with Gasteiger partial charge < -0.3 is 14.8 Å². The number of ether oxygens (including phenoxy) is 2. The van der Waals surface area contributed by atoms with Gasteiger partial charge in [0.1, 0.15) is 6.61 Å². The van der Waals surface area contributed by atoms with Crippen LogP contribution in [0.2, 0.25) is 0 Å². The molecule has 1 aromatic carbocycles. The second-order valence-corrected chi connectivity index (χ2v) is 5.76. The smallest absolute Gasteiger partial charge is 0.313 e. The van der Waals surface area contributed by atoms with Crippen molar-refractivity contribution in [2.45, 2.75) is 26.0 Å². The number of carbonyl (C=O) groups is 1. The lowest BCUT2D eigenvalue weighted by Crippen LogP contribution is -2.40. The molecule has 1 aliphatic heterocycles. The molecule has 1 aromatic rings. The van der Waals surface area contributed by atoms with Crippen molar-refractivity contribution in [2.24, 2.45) is 5.92 Å². The fourth-order valence-electron chi connectivity index (χ4n) is 2.19. The summed E-state index contributed by atoms with van der Waals surface area (Å²) in [5, 5.41) is 3.34. The number of hydrogen-bond acceptors (Lipinski definition) is 4. The molecule has 110 valence electrons. The summed E-state index contributed by atoms with van der Waals surface area (Å²) >= 11 is 3.45. The van der Waals surface area contributed by atoms with Crippen molar-refractivity contribution in [3.63, 3.8) is 0 Å². The van der Waals surface area contributed by atoms with Crippen molar-refractivity contribution in [1.82, 2.24) is 5.32 Å². The first-order valence-electron chi connectivity index (χ1n) is 6.93. The summed E-state index contributed by atoms with van der Waals surface area (Å²) in [7, 11) is 0. The van der Waals surface area contributed by atoms with E-state index < -0.39 is 0 Å².